The predicted molar refractivity (Wildman–Crippen MR) is 90.4 cm³/mol. The molecule has 0 aliphatic carbocycles. The molecule has 0 saturated carbocycles. The van der Waals surface area contributed by atoms with Crippen molar-refractivity contribution in [3.63, 3.8) is 0 Å². The minimum Gasteiger partial charge on any atom is -0.341 e. The van der Waals surface area contributed by atoms with E-state index >= 15 is 0 Å². The molecule has 0 atom stereocenters. The summed E-state index contributed by atoms with van der Waals surface area (Å²) in [5, 5.41) is 4.03. The molecule has 2 heterocycles. The first-order chi connectivity index (χ1) is 12.0. The maximum atomic E-state index is 13.3. The molecule has 7 heteroatoms. The average Bonchev–Trinajstić information content (AvgIpc) is 2.86. The highest BCUT2D eigenvalue weighted by Crippen LogP contribution is 2.11. The SMILES string of the molecule is Cn1nccc1C(=O)N1CCCN(C(=O)Cc2cccc(F)c2)CC1. The number of benzene rings is 1. The van der Waals surface area contributed by atoms with Crippen molar-refractivity contribution in [2.75, 3.05) is 26.2 Å². The van der Waals surface area contributed by atoms with Crippen LogP contribution in [0, 0.1) is 5.82 Å². The van der Waals surface area contributed by atoms with Gasteiger partial charge in [-0.15, -0.1) is 0 Å². The number of hydrogen-bond acceptors (Lipinski definition) is 3. The largest absolute Gasteiger partial charge is 0.341 e. The van der Waals surface area contributed by atoms with Crippen molar-refractivity contribution in [2.24, 2.45) is 7.05 Å². The number of amides is 2. The van der Waals surface area contributed by atoms with E-state index in [4.69, 9.17) is 0 Å². The van der Waals surface area contributed by atoms with Crippen molar-refractivity contribution < 1.29 is 14.0 Å². The molecule has 0 N–H and O–H groups in total. The van der Waals surface area contributed by atoms with Crippen molar-refractivity contribution >= 4 is 11.8 Å². The summed E-state index contributed by atoms with van der Waals surface area (Å²) < 4.78 is 14.8. The molecule has 2 aromatic rings. The van der Waals surface area contributed by atoms with Gasteiger partial charge >= 0.3 is 0 Å². The van der Waals surface area contributed by atoms with Crippen molar-refractivity contribution in [3.8, 4) is 0 Å². The Morgan fingerprint density at radius 3 is 2.60 bits per heavy atom. The van der Waals surface area contributed by atoms with E-state index in [9.17, 15) is 14.0 Å². The highest BCUT2D eigenvalue weighted by atomic mass is 19.1. The molecular formula is C18H21FN4O2. The molecule has 3 rings (SSSR count). The maximum Gasteiger partial charge on any atom is 0.272 e. The van der Waals surface area contributed by atoms with Crippen LogP contribution in [0.15, 0.2) is 36.5 Å². The van der Waals surface area contributed by atoms with E-state index in [0.29, 0.717) is 37.4 Å². The molecule has 1 aromatic heterocycles. The zero-order valence-electron chi connectivity index (χ0n) is 14.2. The highest BCUT2D eigenvalue weighted by Gasteiger charge is 2.24. The van der Waals surface area contributed by atoms with Crippen molar-refractivity contribution in [3.05, 3.63) is 53.6 Å². The Labute approximate surface area is 145 Å². The van der Waals surface area contributed by atoms with Crippen LogP contribution in [0.25, 0.3) is 0 Å². The van der Waals surface area contributed by atoms with Crippen molar-refractivity contribution in [1.82, 2.24) is 19.6 Å². The summed E-state index contributed by atoms with van der Waals surface area (Å²) in [5.41, 5.74) is 1.21. The Hall–Kier alpha value is -2.70. The molecule has 0 radical (unpaired) electrons. The molecule has 0 unspecified atom stereocenters. The summed E-state index contributed by atoms with van der Waals surface area (Å²) in [7, 11) is 1.74. The van der Waals surface area contributed by atoms with Crippen LogP contribution in [0.2, 0.25) is 0 Å². The number of hydrogen-bond donors (Lipinski definition) is 0. The third-order valence-electron chi connectivity index (χ3n) is 4.42. The zero-order valence-corrected chi connectivity index (χ0v) is 14.2. The molecule has 1 aliphatic heterocycles. The molecule has 1 aromatic carbocycles. The third-order valence-corrected chi connectivity index (χ3v) is 4.42. The molecular weight excluding hydrogens is 323 g/mol. The quantitative estimate of drug-likeness (QED) is 0.847. The summed E-state index contributed by atoms with van der Waals surface area (Å²) in [6.07, 6.45) is 2.49. The first-order valence-corrected chi connectivity index (χ1v) is 8.34. The van der Waals surface area contributed by atoms with Crippen molar-refractivity contribution in [2.45, 2.75) is 12.8 Å². The molecule has 132 valence electrons. The second-order valence-corrected chi connectivity index (χ2v) is 6.17. The fourth-order valence-corrected chi connectivity index (χ4v) is 3.05. The molecule has 6 nitrogen and oxygen atoms in total. The van der Waals surface area contributed by atoms with Crippen LogP contribution in [0.3, 0.4) is 0 Å². The summed E-state index contributed by atoms with van der Waals surface area (Å²) in [5.74, 6) is -0.450. The van der Waals surface area contributed by atoms with Crippen LogP contribution in [-0.2, 0) is 18.3 Å². The number of halogens is 1. The average molecular weight is 344 g/mol. The number of carbonyl (C=O) groups is 2. The maximum absolute atomic E-state index is 13.3. The first kappa shape index (κ1) is 17.1. The standard InChI is InChI=1S/C18H21FN4O2/c1-21-16(6-7-20-21)18(25)23-9-3-8-22(10-11-23)17(24)13-14-4-2-5-15(19)12-14/h2,4-7,12H,3,8-11,13H2,1H3. The fourth-order valence-electron chi connectivity index (χ4n) is 3.05. The number of carbonyl (C=O) groups excluding carboxylic acids is 2. The molecule has 2 amide bonds. The lowest BCUT2D eigenvalue weighted by atomic mass is 10.1. The second-order valence-electron chi connectivity index (χ2n) is 6.17. The lowest BCUT2D eigenvalue weighted by Crippen LogP contribution is -2.38. The van der Waals surface area contributed by atoms with Crippen molar-refractivity contribution in [1.29, 1.82) is 0 Å². The van der Waals surface area contributed by atoms with E-state index in [2.05, 4.69) is 5.10 Å². The Kier molecular flexibility index (Phi) is 5.11. The Morgan fingerprint density at radius 2 is 1.88 bits per heavy atom. The predicted octanol–water partition coefficient (Wildman–Crippen LogP) is 1.48. The van der Waals surface area contributed by atoms with Crippen LogP contribution in [0.1, 0.15) is 22.5 Å². The molecule has 1 saturated heterocycles. The first-order valence-electron chi connectivity index (χ1n) is 8.34. The minimum absolute atomic E-state index is 0.0413. The van der Waals surface area contributed by atoms with Gasteiger partial charge in [0.15, 0.2) is 0 Å². The van der Waals surface area contributed by atoms with Gasteiger partial charge in [-0.05, 0) is 30.2 Å². The lowest BCUT2D eigenvalue weighted by Gasteiger charge is -2.22. The van der Waals surface area contributed by atoms with Crippen LogP contribution in [0.4, 0.5) is 4.39 Å². The monoisotopic (exact) mass is 344 g/mol. The van der Waals surface area contributed by atoms with Gasteiger partial charge in [0.05, 0.1) is 6.42 Å². The van der Waals surface area contributed by atoms with Crippen LogP contribution in [-0.4, -0.2) is 57.6 Å². The minimum atomic E-state index is -0.339. The second kappa shape index (κ2) is 7.46. The van der Waals surface area contributed by atoms with Crippen LogP contribution < -0.4 is 0 Å². The Morgan fingerprint density at radius 1 is 1.12 bits per heavy atom. The van der Waals surface area contributed by atoms with Crippen LogP contribution in [0.5, 0.6) is 0 Å². The van der Waals surface area contributed by atoms with E-state index in [1.54, 1.807) is 45.9 Å². The third kappa shape index (κ3) is 4.04. The van der Waals surface area contributed by atoms with Gasteiger partial charge in [0.25, 0.3) is 5.91 Å². The van der Waals surface area contributed by atoms with Gasteiger partial charge in [-0.1, -0.05) is 12.1 Å². The van der Waals surface area contributed by atoms with Gasteiger partial charge in [0, 0.05) is 39.4 Å². The van der Waals surface area contributed by atoms with Gasteiger partial charge in [-0.2, -0.15) is 5.10 Å². The van der Waals surface area contributed by atoms with E-state index in [1.165, 1.54) is 12.1 Å². The summed E-state index contributed by atoms with van der Waals surface area (Å²) in [6.45, 7) is 2.17. The van der Waals surface area contributed by atoms with Gasteiger partial charge < -0.3 is 9.80 Å². The number of rotatable bonds is 3. The zero-order chi connectivity index (χ0) is 17.8. The molecule has 0 bridgehead atoms. The number of aromatic nitrogens is 2. The normalized spacial score (nSPS) is 15.1. The van der Waals surface area contributed by atoms with E-state index in [-0.39, 0.29) is 24.1 Å². The van der Waals surface area contributed by atoms with Gasteiger partial charge in [-0.3, -0.25) is 14.3 Å². The molecule has 25 heavy (non-hydrogen) atoms. The molecule has 1 aliphatic rings. The van der Waals surface area contributed by atoms with E-state index < -0.39 is 0 Å². The highest BCUT2D eigenvalue weighted by molar-refractivity contribution is 5.92. The smallest absolute Gasteiger partial charge is 0.272 e. The van der Waals surface area contributed by atoms with Gasteiger partial charge in [0.1, 0.15) is 11.5 Å². The van der Waals surface area contributed by atoms with Gasteiger partial charge in [0.2, 0.25) is 5.91 Å². The summed E-state index contributed by atoms with van der Waals surface area (Å²) in [6, 6.07) is 7.79. The number of aryl methyl sites for hydroxylation is 1. The molecule has 1 fully saturated rings. The fraction of sp³-hybridized carbons (Fsp3) is 0.389. The lowest BCUT2D eigenvalue weighted by molar-refractivity contribution is -0.130. The summed E-state index contributed by atoms with van der Waals surface area (Å²) in [4.78, 5) is 28.5. The topological polar surface area (TPSA) is 58.4 Å². The Bertz CT molecular complexity index is 774. The Balaban J connectivity index is 1.60. The van der Waals surface area contributed by atoms with E-state index in [1.807, 2.05) is 0 Å². The summed E-state index contributed by atoms with van der Waals surface area (Å²) >= 11 is 0. The van der Waals surface area contributed by atoms with E-state index in [0.717, 1.165) is 6.42 Å². The number of nitrogens with zero attached hydrogens (tertiary/aromatic N) is 4. The van der Waals surface area contributed by atoms with Crippen LogP contribution >= 0.6 is 0 Å². The molecule has 0 spiro atoms. The van der Waals surface area contributed by atoms with Gasteiger partial charge in [-0.25, -0.2) is 4.39 Å².